The minimum absolute atomic E-state index is 0.0992. The molecule has 0 spiro atoms. The van der Waals surface area contributed by atoms with Gasteiger partial charge in [-0.05, 0) is 57.0 Å². The Kier molecular flexibility index (Phi) is 8.22. The number of unbranched alkanes of at least 4 members (excludes halogenated alkanes) is 1. The van der Waals surface area contributed by atoms with Gasteiger partial charge in [-0.2, -0.15) is 0 Å². The first-order chi connectivity index (χ1) is 12.2. The Morgan fingerprint density at radius 2 is 1.96 bits per heavy atom. The Balaban J connectivity index is 1.91. The van der Waals surface area contributed by atoms with Crippen LogP contribution in [0.15, 0.2) is 24.3 Å². The van der Waals surface area contributed by atoms with Crippen LogP contribution in [0.25, 0.3) is 0 Å². The highest BCUT2D eigenvalue weighted by molar-refractivity contribution is 5.69. The van der Waals surface area contributed by atoms with E-state index in [0.717, 1.165) is 38.0 Å². The minimum atomic E-state index is -0.0992. The van der Waals surface area contributed by atoms with Gasteiger partial charge in [0, 0.05) is 32.1 Å². The largest absolute Gasteiger partial charge is 0.497 e. The normalized spacial score (nSPS) is 21.1. The molecule has 0 bridgehead atoms. The van der Waals surface area contributed by atoms with Crippen molar-refractivity contribution in [1.29, 1.82) is 0 Å². The number of rotatable bonds is 9. The molecule has 0 amide bonds. The standard InChI is InChI=1S/C20H31NO4/c1-21-13-6-7-17(15-25-19(22)8-4-5-14-23-2)20(21)16-9-11-18(24-3)12-10-16/h9-12,17,20H,4-8,13-15H2,1-3H3/t17-,20+/m1/s1. The Morgan fingerprint density at radius 3 is 2.64 bits per heavy atom. The number of methoxy groups -OCH3 is 2. The third-order valence-electron chi connectivity index (χ3n) is 4.90. The van der Waals surface area contributed by atoms with Gasteiger partial charge in [0.1, 0.15) is 5.75 Å². The molecule has 5 nitrogen and oxygen atoms in total. The molecule has 0 N–H and O–H groups in total. The summed E-state index contributed by atoms with van der Waals surface area (Å²) >= 11 is 0. The first-order valence-electron chi connectivity index (χ1n) is 9.14. The lowest BCUT2D eigenvalue weighted by atomic mass is 9.85. The van der Waals surface area contributed by atoms with Gasteiger partial charge in [0.2, 0.25) is 0 Å². The van der Waals surface area contributed by atoms with Crippen molar-refractivity contribution < 1.29 is 19.0 Å². The van der Waals surface area contributed by atoms with Gasteiger partial charge in [-0.25, -0.2) is 0 Å². The zero-order chi connectivity index (χ0) is 18.1. The van der Waals surface area contributed by atoms with Crippen LogP contribution in [0.4, 0.5) is 0 Å². The Hall–Kier alpha value is -1.59. The molecule has 1 aromatic rings. The molecule has 140 valence electrons. The highest BCUT2D eigenvalue weighted by atomic mass is 16.5. The van der Waals surface area contributed by atoms with Crippen molar-refractivity contribution >= 4 is 5.97 Å². The van der Waals surface area contributed by atoms with Crippen LogP contribution >= 0.6 is 0 Å². The summed E-state index contributed by atoms with van der Waals surface area (Å²) in [7, 11) is 5.50. The summed E-state index contributed by atoms with van der Waals surface area (Å²) in [5.74, 6) is 1.09. The molecule has 0 aromatic heterocycles. The van der Waals surface area contributed by atoms with Crippen LogP contribution in [0.3, 0.4) is 0 Å². The summed E-state index contributed by atoms with van der Waals surface area (Å²) in [6, 6.07) is 8.50. The maximum absolute atomic E-state index is 12.0. The van der Waals surface area contributed by atoms with Crippen LogP contribution < -0.4 is 4.74 Å². The molecule has 2 atom stereocenters. The van der Waals surface area contributed by atoms with E-state index in [1.165, 1.54) is 5.56 Å². The molecule has 1 aliphatic heterocycles. The predicted molar refractivity (Wildman–Crippen MR) is 97.8 cm³/mol. The summed E-state index contributed by atoms with van der Waals surface area (Å²) in [6.07, 6.45) is 4.40. The SMILES string of the molecule is COCCCCC(=O)OC[C@H]1CCCN(C)[C@H]1c1ccc(OC)cc1. The number of carbonyl (C=O) groups excluding carboxylic acids is 1. The van der Waals surface area contributed by atoms with E-state index in [9.17, 15) is 4.79 Å². The number of carbonyl (C=O) groups is 1. The Labute approximate surface area is 151 Å². The quantitative estimate of drug-likeness (QED) is 0.505. The number of nitrogens with zero attached hydrogens (tertiary/aromatic N) is 1. The van der Waals surface area contributed by atoms with Crippen LogP contribution in [0.5, 0.6) is 5.75 Å². The van der Waals surface area contributed by atoms with Gasteiger partial charge < -0.3 is 14.2 Å². The molecule has 0 saturated carbocycles. The summed E-state index contributed by atoms with van der Waals surface area (Å²) in [5, 5.41) is 0. The van der Waals surface area contributed by atoms with Crippen molar-refractivity contribution in [2.24, 2.45) is 5.92 Å². The third-order valence-corrected chi connectivity index (χ3v) is 4.90. The Morgan fingerprint density at radius 1 is 1.20 bits per heavy atom. The molecule has 5 heteroatoms. The molecule has 1 heterocycles. The molecule has 2 rings (SSSR count). The molecule has 0 radical (unpaired) electrons. The molecule has 0 unspecified atom stereocenters. The summed E-state index contributed by atoms with van der Waals surface area (Å²) in [4.78, 5) is 14.3. The zero-order valence-electron chi connectivity index (χ0n) is 15.7. The minimum Gasteiger partial charge on any atom is -0.497 e. The topological polar surface area (TPSA) is 48.0 Å². The number of esters is 1. The second-order valence-electron chi connectivity index (χ2n) is 6.73. The Bertz CT molecular complexity index is 517. The van der Waals surface area contributed by atoms with Crippen LogP contribution in [0, 0.1) is 5.92 Å². The van der Waals surface area contributed by atoms with Crippen LogP contribution in [0.1, 0.15) is 43.7 Å². The van der Waals surface area contributed by atoms with Crippen molar-refractivity contribution in [2.75, 3.05) is 41.0 Å². The van der Waals surface area contributed by atoms with Crippen LogP contribution in [0.2, 0.25) is 0 Å². The van der Waals surface area contributed by atoms with E-state index in [1.54, 1.807) is 14.2 Å². The smallest absolute Gasteiger partial charge is 0.305 e. The fourth-order valence-corrected chi connectivity index (χ4v) is 3.55. The van der Waals surface area contributed by atoms with E-state index in [2.05, 4.69) is 24.1 Å². The first kappa shape index (κ1) is 19.7. The van der Waals surface area contributed by atoms with Gasteiger partial charge in [-0.1, -0.05) is 12.1 Å². The molecular formula is C20H31NO4. The molecule has 1 saturated heterocycles. The summed E-state index contributed by atoms with van der Waals surface area (Å²) < 4.78 is 15.8. The molecule has 1 aromatic carbocycles. The van der Waals surface area contributed by atoms with Gasteiger partial charge in [0.15, 0.2) is 0 Å². The van der Waals surface area contributed by atoms with Crippen LogP contribution in [-0.4, -0.2) is 51.9 Å². The van der Waals surface area contributed by atoms with Gasteiger partial charge in [-0.15, -0.1) is 0 Å². The molecular weight excluding hydrogens is 318 g/mol. The average molecular weight is 349 g/mol. The number of hydrogen-bond donors (Lipinski definition) is 0. The lowest BCUT2D eigenvalue weighted by Crippen LogP contribution is -2.38. The predicted octanol–water partition coefficient (Wildman–Crippen LogP) is 3.44. The lowest BCUT2D eigenvalue weighted by Gasteiger charge is -2.39. The maximum Gasteiger partial charge on any atom is 0.305 e. The summed E-state index contributed by atoms with van der Waals surface area (Å²) in [5.41, 5.74) is 1.25. The average Bonchev–Trinajstić information content (AvgIpc) is 2.64. The molecule has 1 aliphatic rings. The number of piperidine rings is 1. The van der Waals surface area contributed by atoms with Crippen molar-refractivity contribution in [2.45, 2.75) is 38.1 Å². The highest BCUT2D eigenvalue weighted by Crippen LogP contribution is 2.35. The van der Waals surface area contributed by atoms with Crippen molar-refractivity contribution in [3.05, 3.63) is 29.8 Å². The fourth-order valence-electron chi connectivity index (χ4n) is 3.55. The number of benzene rings is 1. The monoisotopic (exact) mass is 349 g/mol. The lowest BCUT2D eigenvalue weighted by molar-refractivity contribution is -0.146. The van der Waals surface area contributed by atoms with E-state index in [4.69, 9.17) is 14.2 Å². The van der Waals surface area contributed by atoms with E-state index < -0.39 is 0 Å². The number of likely N-dealkylation sites (tertiary alicyclic amines) is 1. The maximum atomic E-state index is 12.0. The highest BCUT2D eigenvalue weighted by Gasteiger charge is 2.31. The van der Waals surface area contributed by atoms with Crippen molar-refractivity contribution in [3.8, 4) is 5.75 Å². The van der Waals surface area contributed by atoms with Crippen LogP contribution in [-0.2, 0) is 14.3 Å². The molecule has 25 heavy (non-hydrogen) atoms. The molecule has 1 fully saturated rings. The summed E-state index contributed by atoms with van der Waals surface area (Å²) in [6.45, 7) is 2.25. The van der Waals surface area contributed by atoms with E-state index >= 15 is 0 Å². The second-order valence-corrected chi connectivity index (χ2v) is 6.73. The van der Waals surface area contributed by atoms with E-state index in [-0.39, 0.29) is 12.0 Å². The van der Waals surface area contributed by atoms with E-state index in [1.807, 2.05) is 12.1 Å². The van der Waals surface area contributed by atoms with Crippen molar-refractivity contribution in [1.82, 2.24) is 4.90 Å². The second kappa shape index (κ2) is 10.4. The number of hydrogen-bond acceptors (Lipinski definition) is 5. The van der Waals surface area contributed by atoms with Gasteiger partial charge in [0.25, 0.3) is 0 Å². The van der Waals surface area contributed by atoms with Gasteiger partial charge in [-0.3, -0.25) is 9.69 Å². The van der Waals surface area contributed by atoms with Gasteiger partial charge in [0.05, 0.1) is 13.7 Å². The van der Waals surface area contributed by atoms with Crippen molar-refractivity contribution in [3.63, 3.8) is 0 Å². The van der Waals surface area contributed by atoms with Gasteiger partial charge >= 0.3 is 5.97 Å². The molecule has 0 aliphatic carbocycles. The van der Waals surface area contributed by atoms with E-state index in [0.29, 0.717) is 25.6 Å². The first-order valence-corrected chi connectivity index (χ1v) is 9.14. The number of ether oxygens (including phenoxy) is 3. The zero-order valence-corrected chi connectivity index (χ0v) is 15.7. The fraction of sp³-hybridized carbons (Fsp3) is 0.650. The third kappa shape index (κ3) is 6.01.